The first kappa shape index (κ1) is 34.4. The maximum absolute atomic E-state index is 10.2. The summed E-state index contributed by atoms with van der Waals surface area (Å²) in [4.78, 5) is 20.3. The molecule has 0 rings (SSSR count). The van der Waals surface area contributed by atoms with Crippen molar-refractivity contribution < 1.29 is 49.4 Å². The third-order valence-electron chi connectivity index (χ3n) is 4.12. The molecule has 0 aliphatic carbocycles. The van der Waals surface area contributed by atoms with Crippen LogP contribution in [-0.4, -0.2) is 69.4 Å². The third-order valence-corrected chi connectivity index (χ3v) is 4.12. The molecule has 0 fully saturated rings. The molecule has 0 saturated heterocycles. The van der Waals surface area contributed by atoms with Crippen molar-refractivity contribution in [1.29, 1.82) is 0 Å². The predicted molar refractivity (Wildman–Crippen MR) is 116 cm³/mol. The van der Waals surface area contributed by atoms with E-state index in [-0.39, 0.29) is 42.4 Å². The number of carbonyl (C=O) groups excluding carboxylic acids is 1. The fraction of sp³-hybridized carbons (Fsp3) is 0.900. The smallest absolute Gasteiger partial charge is 0.550 e. The third kappa shape index (κ3) is 38.4. The Hall–Kier alpha value is -0.260. The molecule has 0 aromatic rings. The van der Waals surface area contributed by atoms with Gasteiger partial charge in [0.25, 0.3) is 0 Å². The van der Waals surface area contributed by atoms with E-state index >= 15 is 0 Å². The second-order valence-corrected chi connectivity index (χ2v) is 6.92. The number of hydrogen-bond acceptors (Lipinski definition) is 8. The second-order valence-electron chi connectivity index (χ2n) is 6.92. The molecule has 10 heteroatoms. The van der Waals surface area contributed by atoms with Gasteiger partial charge in [0.15, 0.2) is 0 Å². The first-order valence-corrected chi connectivity index (χ1v) is 11.0. The number of nitrogens with two attached hydrogens (primary N) is 2. The quantitative estimate of drug-likeness (QED) is 0.0779. The van der Waals surface area contributed by atoms with Crippen LogP contribution in [0.15, 0.2) is 0 Å². The van der Waals surface area contributed by atoms with Gasteiger partial charge in [0.2, 0.25) is 0 Å². The van der Waals surface area contributed by atoms with Gasteiger partial charge in [-0.05, 0) is 19.3 Å². The number of unbranched alkanes of at least 4 members (excludes halogenated alkanes) is 7. The molecule has 0 aromatic carbocycles. The van der Waals surface area contributed by atoms with E-state index in [9.17, 15) is 14.7 Å². The van der Waals surface area contributed by atoms with Crippen LogP contribution in [0, 0.1) is 0 Å². The molecule has 0 heterocycles. The molecule has 0 aliphatic rings. The fourth-order valence-corrected chi connectivity index (χ4v) is 2.54. The summed E-state index contributed by atoms with van der Waals surface area (Å²) in [5.74, 6) is -1.68. The van der Waals surface area contributed by atoms with E-state index in [1.54, 1.807) is 0 Å². The van der Waals surface area contributed by atoms with E-state index in [1.807, 2.05) is 0 Å². The van der Waals surface area contributed by atoms with Gasteiger partial charge in [-0.2, -0.15) is 0 Å². The molecule has 9 nitrogen and oxygen atoms in total. The van der Waals surface area contributed by atoms with Crippen molar-refractivity contribution in [2.24, 2.45) is 11.5 Å². The Kier molecular flexibility index (Phi) is 35.4. The van der Waals surface area contributed by atoms with Crippen molar-refractivity contribution >= 4 is 11.9 Å². The fourth-order valence-electron chi connectivity index (χ4n) is 2.54. The molecule has 0 aromatic heterocycles. The van der Waals surface area contributed by atoms with E-state index in [1.165, 1.54) is 0 Å². The SMILES string of the molecule is NCCNCCNCCNCCN.O=C([O-])CCCCCCCCCCC(=O)O.[Na+]. The molecule has 0 spiro atoms. The largest absolute Gasteiger partial charge is 1.00 e. The minimum Gasteiger partial charge on any atom is -0.550 e. The van der Waals surface area contributed by atoms with Gasteiger partial charge in [-0.1, -0.05) is 38.5 Å². The molecule has 0 amide bonds. The molecule has 174 valence electrons. The van der Waals surface area contributed by atoms with Gasteiger partial charge in [-0.3, -0.25) is 4.79 Å². The standard InChI is InChI=1S/C12H22O4.C8H23N5.Na/c13-11(14)9-7-5-3-1-2-4-6-8-10-12(15)16;9-1-3-11-5-7-13-8-6-12-4-2-10;/h1-10H2,(H,13,14)(H,15,16);11-13H,1-10H2;/q;;+1/p-1. The minimum absolute atomic E-state index is 0. The number of rotatable bonds is 21. The van der Waals surface area contributed by atoms with E-state index in [2.05, 4.69) is 16.0 Å². The number of hydrogen-bond donors (Lipinski definition) is 6. The summed E-state index contributed by atoms with van der Waals surface area (Å²) < 4.78 is 0. The van der Waals surface area contributed by atoms with Crippen LogP contribution in [-0.2, 0) is 9.59 Å². The van der Waals surface area contributed by atoms with Gasteiger partial charge < -0.3 is 42.4 Å². The first-order chi connectivity index (χ1) is 14.0. The summed E-state index contributed by atoms with van der Waals surface area (Å²) in [6.07, 6.45) is 8.20. The number of nitrogens with one attached hydrogen (secondary N) is 3. The number of carboxylic acid groups (broad SMARTS) is 2. The summed E-state index contributed by atoms with van der Waals surface area (Å²) in [7, 11) is 0. The Bertz CT molecular complexity index is 334. The Balaban J connectivity index is -0.000000480. The molecule has 0 saturated carbocycles. The Morgan fingerprint density at radius 3 is 1.30 bits per heavy atom. The summed E-state index contributed by atoms with van der Waals surface area (Å²) in [5, 5.41) is 28.2. The van der Waals surface area contributed by atoms with Crippen LogP contribution in [0.1, 0.15) is 64.2 Å². The maximum Gasteiger partial charge on any atom is 1.00 e. The van der Waals surface area contributed by atoms with Crippen molar-refractivity contribution in [3.63, 3.8) is 0 Å². The molecule has 30 heavy (non-hydrogen) atoms. The number of carboxylic acids is 2. The molecule has 0 unspecified atom stereocenters. The Morgan fingerprint density at radius 1 is 0.633 bits per heavy atom. The van der Waals surface area contributed by atoms with Crippen LogP contribution >= 0.6 is 0 Å². The minimum atomic E-state index is -0.964. The van der Waals surface area contributed by atoms with Crippen molar-refractivity contribution in [1.82, 2.24) is 16.0 Å². The van der Waals surface area contributed by atoms with Crippen LogP contribution in [0.4, 0.5) is 0 Å². The molecule has 0 bridgehead atoms. The molecule has 8 N–H and O–H groups in total. The zero-order chi connectivity index (χ0) is 22.0. The van der Waals surface area contributed by atoms with E-state index < -0.39 is 11.9 Å². The summed E-state index contributed by atoms with van der Waals surface area (Å²) in [5.41, 5.74) is 10.6. The maximum atomic E-state index is 10.2. The topological polar surface area (TPSA) is 166 Å². The molecular formula is C20H44N5NaO4. The van der Waals surface area contributed by atoms with Crippen molar-refractivity contribution in [2.45, 2.75) is 64.2 Å². The average Bonchev–Trinajstić information content (AvgIpc) is 2.68. The monoisotopic (exact) mass is 441 g/mol. The zero-order valence-corrected chi connectivity index (χ0v) is 21.1. The van der Waals surface area contributed by atoms with Gasteiger partial charge in [-0.15, -0.1) is 0 Å². The van der Waals surface area contributed by atoms with Crippen LogP contribution in [0.3, 0.4) is 0 Å². The van der Waals surface area contributed by atoms with Gasteiger partial charge in [0, 0.05) is 64.7 Å². The van der Waals surface area contributed by atoms with Gasteiger partial charge in [0.05, 0.1) is 0 Å². The Morgan fingerprint density at radius 2 is 0.967 bits per heavy atom. The number of carbonyl (C=O) groups is 2. The molecule has 0 aliphatic heterocycles. The summed E-state index contributed by atoms with van der Waals surface area (Å²) in [6.45, 7) is 7.15. The summed E-state index contributed by atoms with van der Waals surface area (Å²) in [6, 6.07) is 0. The van der Waals surface area contributed by atoms with Crippen LogP contribution in [0.5, 0.6) is 0 Å². The summed E-state index contributed by atoms with van der Waals surface area (Å²) >= 11 is 0. The number of aliphatic carboxylic acids is 2. The molecular weight excluding hydrogens is 397 g/mol. The van der Waals surface area contributed by atoms with E-state index in [0.717, 1.165) is 84.2 Å². The average molecular weight is 442 g/mol. The molecule has 0 radical (unpaired) electrons. The Labute approximate surface area is 204 Å². The van der Waals surface area contributed by atoms with Crippen molar-refractivity contribution in [3.8, 4) is 0 Å². The normalized spacial score (nSPS) is 10.1. The van der Waals surface area contributed by atoms with Gasteiger partial charge in [0.1, 0.15) is 0 Å². The van der Waals surface area contributed by atoms with E-state index in [4.69, 9.17) is 16.6 Å². The predicted octanol–water partition coefficient (Wildman–Crippen LogP) is -3.60. The van der Waals surface area contributed by atoms with Gasteiger partial charge >= 0.3 is 35.5 Å². The van der Waals surface area contributed by atoms with E-state index in [0.29, 0.717) is 19.5 Å². The van der Waals surface area contributed by atoms with Crippen LogP contribution in [0.25, 0.3) is 0 Å². The van der Waals surface area contributed by atoms with Crippen molar-refractivity contribution in [3.05, 3.63) is 0 Å². The van der Waals surface area contributed by atoms with Crippen LogP contribution < -0.4 is 62.1 Å². The van der Waals surface area contributed by atoms with Crippen LogP contribution in [0.2, 0.25) is 0 Å². The molecule has 0 atom stereocenters. The van der Waals surface area contributed by atoms with Gasteiger partial charge in [-0.25, -0.2) is 0 Å². The first-order valence-electron chi connectivity index (χ1n) is 11.0. The van der Waals surface area contributed by atoms with Crippen molar-refractivity contribution in [2.75, 3.05) is 52.4 Å². The second kappa shape index (κ2) is 30.9. The zero-order valence-electron chi connectivity index (χ0n) is 19.1.